The molecule has 3 N–H and O–H groups in total. The summed E-state index contributed by atoms with van der Waals surface area (Å²) in [6.45, 7) is 2.66. The van der Waals surface area contributed by atoms with Crippen LogP contribution in [0.15, 0.2) is 27.0 Å². The number of aryl methyl sites for hydroxylation is 1. The van der Waals surface area contributed by atoms with Gasteiger partial charge in [-0.25, -0.2) is 9.36 Å². The van der Waals surface area contributed by atoms with E-state index >= 15 is 0 Å². The molecule has 264 valence electrons. The average Bonchev–Trinajstić information content (AvgIpc) is 3.58. The van der Waals surface area contributed by atoms with Gasteiger partial charge in [0.25, 0.3) is 5.56 Å². The molecule has 3 unspecified atom stereocenters. The number of benzene rings is 1. The molecule has 0 aliphatic carbocycles. The monoisotopic (exact) mass is 739 g/mol. The first kappa shape index (κ1) is 37.3. The molecule has 2 aromatic rings. The van der Waals surface area contributed by atoms with Gasteiger partial charge in [-0.3, -0.25) is 33.0 Å². The van der Waals surface area contributed by atoms with E-state index in [0.29, 0.717) is 0 Å². The summed E-state index contributed by atoms with van der Waals surface area (Å²) in [5.74, 6) is -2.52. The molecule has 2 fully saturated rings. The molecule has 0 bridgehead atoms. The molecule has 7 atom stereocenters. The van der Waals surface area contributed by atoms with Crippen molar-refractivity contribution < 1.29 is 61.7 Å². The number of esters is 2. The minimum absolute atomic E-state index is 0.00774. The second-order valence-electron chi connectivity index (χ2n) is 10.6. The number of phosphoric ester groups is 1. The van der Waals surface area contributed by atoms with E-state index in [1.54, 1.807) is 0 Å². The van der Waals surface area contributed by atoms with Crippen molar-refractivity contribution in [3.05, 3.63) is 54.3 Å². The molecular weight excluding hydrogens is 708 g/mol. The standard InChI is InChI=1S/C27H32Cl2N3O15P/c1-12-9-32(27(37)31-25(12)36)21-7-18(47-30-8-16-17(28)6-19(40-4)24(35)23(16)29)20(45-21)11-42-48(38,39)41-10-15-5-22(43-13(2)33)46-26(15)44-14(3)34/h6,8-9,15,18,20-22,26,35H,5,7,10-11H2,1-4H3,(H,38,39)(H,31,36,37)/b30-8+/t15-,18+,20-,21-,22?,26?/m1/s1. The summed E-state index contributed by atoms with van der Waals surface area (Å²) >= 11 is 12.4. The highest BCUT2D eigenvalue weighted by molar-refractivity contribution is 7.47. The summed E-state index contributed by atoms with van der Waals surface area (Å²) < 4.78 is 50.6. The van der Waals surface area contributed by atoms with Gasteiger partial charge >= 0.3 is 25.5 Å². The second kappa shape index (κ2) is 15.8. The number of phenolic OH excluding ortho intramolecular Hbond substituents is 1. The Labute approximate surface area is 281 Å². The molecule has 21 heteroatoms. The number of rotatable bonds is 13. The van der Waals surface area contributed by atoms with Gasteiger partial charge in [-0.15, -0.1) is 0 Å². The lowest BCUT2D eigenvalue weighted by Crippen LogP contribution is -2.33. The number of carbonyl (C=O) groups is 2. The van der Waals surface area contributed by atoms with Gasteiger partial charge in [0.1, 0.15) is 12.3 Å². The van der Waals surface area contributed by atoms with Crippen LogP contribution in [0, 0.1) is 12.8 Å². The highest BCUT2D eigenvalue weighted by Gasteiger charge is 2.43. The Kier molecular flexibility index (Phi) is 12.3. The van der Waals surface area contributed by atoms with Gasteiger partial charge < -0.3 is 38.5 Å². The molecule has 0 amide bonds. The number of carbonyl (C=O) groups excluding carboxylic acids is 2. The van der Waals surface area contributed by atoms with Crippen LogP contribution in [0.1, 0.15) is 44.0 Å². The largest absolute Gasteiger partial charge is 0.503 e. The number of hydrogen-bond donors (Lipinski definition) is 3. The van der Waals surface area contributed by atoms with Crippen LogP contribution in [0.2, 0.25) is 10.0 Å². The molecule has 2 aliphatic rings. The molecule has 3 heterocycles. The zero-order valence-electron chi connectivity index (χ0n) is 25.8. The topological polar surface area (TPSA) is 233 Å². The van der Waals surface area contributed by atoms with Crippen LogP contribution in [0.4, 0.5) is 0 Å². The van der Waals surface area contributed by atoms with Gasteiger partial charge in [0.15, 0.2) is 17.6 Å². The maximum absolute atomic E-state index is 12.9. The van der Waals surface area contributed by atoms with Gasteiger partial charge in [0, 0.05) is 50.1 Å². The number of ether oxygens (including phenoxy) is 5. The lowest BCUT2D eigenvalue weighted by molar-refractivity contribution is -0.212. The number of aromatic hydroxyl groups is 1. The maximum Gasteiger partial charge on any atom is 0.472 e. The van der Waals surface area contributed by atoms with Crippen molar-refractivity contribution >= 4 is 49.2 Å². The Morgan fingerprint density at radius 1 is 1.15 bits per heavy atom. The summed E-state index contributed by atoms with van der Waals surface area (Å²) in [7, 11) is -3.50. The summed E-state index contributed by atoms with van der Waals surface area (Å²) in [4.78, 5) is 65.5. The third-order valence-corrected chi connectivity index (χ3v) is 8.67. The normalized spacial score (nSPS) is 25.1. The highest BCUT2D eigenvalue weighted by Crippen LogP contribution is 2.46. The Hall–Kier alpha value is -3.48. The fraction of sp³-hybridized carbons (Fsp3) is 0.519. The Morgan fingerprint density at radius 3 is 2.50 bits per heavy atom. The van der Waals surface area contributed by atoms with E-state index in [-0.39, 0.29) is 39.8 Å². The van der Waals surface area contributed by atoms with E-state index in [0.717, 1.165) is 24.6 Å². The van der Waals surface area contributed by atoms with Crippen LogP contribution >= 0.6 is 31.0 Å². The maximum atomic E-state index is 12.9. The van der Waals surface area contributed by atoms with E-state index in [4.69, 9.17) is 60.8 Å². The number of hydrogen-bond acceptors (Lipinski definition) is 15. The predicted octanol–water partition coefficient (Wildman–Crippen LogP) is 2.52. The molecule has 4 rings (SSSR count). The SMILES string of the molecule is COc1cc(Cl)c(/C=N/O[C@H]2C[C@H](n3cc(C)c(=O)[nH]c3=O)O[C@@H]2COP(=O)(O)OC[C@H]2CC(OC(C)=O)OC2OC(C)=O)c(Cl)c1O. The number of methoxy groups -OCH3 is 1. The van der Waals surface area contributed by atoms with E-state index in [1.165, 1.54) is 26.3 Å². The van der Waals surface area contributed by atoms with Crippen LogP contribution < -0.4 is 16.0 Å². The van der Waals surface area contributed by atoms with E-state index in [1.807, 2.05) is 0 Å². The van der Waals surface area contributed by atoms with Crippen LogP contribution in [0.5, 0.6) is 11.5 Å². The lowest BCUT2D eigenvalue weighted by Gasteiger charge is -2.21. The number of aromatic nitrogens is 2. The fourth-order valence-electron chi connectivity index (χ4n) is 4.73. The van der Waals surface area contributed by atoms with Crippen LogP contribution in [0.3, 0.4) is 0 Å². The Balaban J connectivity index is 1.47. The first-order valence-corrected chi connectivity index (χ1v) is 16.4. The second-order valence-corrected chi connectivity index (χ2v) is 12.8. The number of oxime groups is 1. The summed E-state index contributed by atoms with van der Waals surface area (Å²) in [5.41, 5.74) is -1.08. The number of aromatic amines is 1. The van der Waals surface area contributed by atoms with Crippen molar-refractivity contribution in [1.82, 2.24) is 9.55 Å². The number of nitrogens with one attached hydrogen (secondary N) is 1. The Bertz CT molecular complexity index is 1720. The predicted molar refractivity (Wildman–Crippen MR) is 164 cm³/mol. The van der Waals surface area contributed by atoms with Crippen LogP contribution in [-0.2, 0) is 47.0 Å². The van der Waals surface area contributed by atoms with Crippen molar-refractivity contribution in [3.63, 3.8) is 0 Å². The van der Waals surface area contributed by atoms with Gasteiger partial charge in [-0.2, -0.15) is 0 Å². The van der Waals surface area contributed by atoms with E-state index in [2.05, 4.69) is 10.1 Å². The van der Waals surface area contributed by atoms with Crippen molar-refractivity contribution in [2.24, 2.45) is 11.1 Å². The number of phenols is 1. The molecule has 2 saturated heterocycles. The smallest absolute Gasteiger partial charge is 0.472 e. The lowest BCUT2D eigenvalue weighted by atomic mass is 10.1. The van der Waals surface area contributed by atoms with Gasteiger partial charge in [-0.1, -0.05) is 28.4 Å². The molecule has 48 heavy (non-hydrogen) atoms. The Morgan fingerprint density at radius 2 is 1.83 bits per heavy atom. The molecule has 0 radical (unpaired) electrons. The van der Waals surface area contributed by atoms with E-state index < -0.39 is 86.9 Å². The van der Waals surface area contributed by atoms with Gasteiger partial charge in [0.2, 0.25) is 12.6 Å². The first-order chi connectivity index (χ1) is 22.6. The summed E-state index contributed by atoms with van der Waals surface area (Å²) in [6, 6.07) is 1.31. The van der Waals surface area contributed by atoms with Crippen molar-refractivity contribution in [2.75, 3.05) is 20.3 Å². The van der Waals surface area contributed by atoms with Gasteiger partial charge in [-0.05, 0) is 6.92 Å². The van der Waals surface area contributed by atoms with Crippen LogP contribution in [0.25, 0.3) is 0 Å². The van der Waals surface area contributed by atoms with Gasteiger partial charge in [0.05, 0.1) is 42.5 Å². The summed E-state index contributed by atoms with van der Waals surface area (Å²) in [5, 5.41) is 14.0. The molecular formula is C27H32Cl2N3O15P. The third-order valence-electron chi connectivity index (χ3n) is 7.03. The summed E-state index contributed by atoms with van der Waals surface area (Å²) in [6.07, 6.45) is -3.16. The van der Waals surface area contributed by atoms with Crippen molar-refractivity contribution in [3.8, 4) is 11.5 Å². The number of nitrogens with zero attached hydrogens (tertiary/aromatic N) is 2. The molecule has 0 spiro atoms. The zero-order chi connectivity index (χ0) is 35.3. The highest BCUT2D eigenvalue weighted by atomic mass is 35.5. The average molecular weight is 740 g/mol. The molecule has 1 aromatic carbocycles. The minimum Gasteiger partial charge on any atom is -0.503 e. The first-order valence-electron chi connectivity index (χ1n) is 14.1. The quantitative estimate of drug-likeness (QED) is 0.116. The van der Waals surface area contributed by atoms with E-state index in [9.17, 15) is 33.7 Å². The molecule has 0 saturated carbocycles. The zero-order valence-corrected chi connectivity index (χ0v) is 28.2. The van der Waals surface area contributed by atoms with Crippen molar-refractivity contribution in [2.45, 2.75) is 64.6 Å². The fourth-order valence-corrected chi connectivity index (χ4v) is 6.06. The molecule has 18 nitrogen and oxygen atoms in total. The minimum atomic E-state index is -4.82. The number of phosphoric acid groups is 1. The third kappa shape index (κ3) is 9.35. The molecule has 1 aromatic heterocycles. The molecule has 2 aliphatic heterocycles. The van der Waals surface area contributed by atoms with Crippen molar-refractivity contribution in [1.29, 1.82) is 0 Å². The number of H-pyrrole nitrogens is 1. The van der Waals surface area contributed by atoms with Crippen LogP contribution in [-0.4, -0.2) is 82.8 Å². The number of halogens is 2.